The van der Waals surface area contributed by atoms with Crippen LogP contribution in [0.5, 0.6) is 5.75 Å². The second kappa shape index (κ2) is 8.19. The molecule has 1 N–H and O–H groups in total. The van der Waals surface area contributed by atoms with Crippen molar-refractivity contribution in [2.75, 3.05) is 26.0 Å². The Morgan fingerprint density at radius 2 is 2.16 bits per heavy atom. The van der Waals surface area contributed by atoms with Gasteiger partial charge < -0.3 is 14.7 Å². The monoisotopic (exact) mass is 368 g/mol. The fourth-order valence-electron chi connectivity index (χ4n) is 2.81. The third kappa shape index (κ3) is 4.62. The molecule has 0 saturated carbocycles. The van der Waals surface area contributed by atoms with Gasteiger partial charge in [0.05, 0.1) is 23.7 Å². The molecule has 0 bridgehead atoms. The largest absolute Gasteiger partial charge is 0.490 e. The summed E-state index contributed by atoms with van der Waals surface area (Å²) in [4.78, 5) is 35.4. The van der Waals surface area contributed by atoms with Crippen LogP contribution in [0, 0.1) is 22.0 Å². The summed E-state index contributed by atoms with van der Waals surface area (Å²) in [5.41, 5.74) is 0.619. The summed E-state index contributed by atoms with van der Waals surface area (Å²) in [6, 6.07) is 4.70. The average molecular weight is 368 g/mol. The van der Waals surface area contributed by atoms with Crippen LogP contribution in [0.15, 0.2) is 18.2 Å². The van der Waals surface area contributed by atoms with Crippen molar-refractivity contribution in [2.45, 2.75) is 12.7 Å². The van der Waals surface area contributed by atoms with Gasteiger partial charge in [-0.1, -0.05) is 13.0 Å². The minimum Gasteiger partial charge on any atom is -0.490 e. The Morgan fingerprint density at radius 3 is 2.72 bits per heavy atom. The van der Waals surface area contributed by atoms with E-state index in [1.807, 2.05) is 6.92 Å². The zero-order valence-electron chi connectivity index (χ0n) is 14.0. The minimum atomic E-state index is -0.874. The zero-order valence-corrected chi connectivity index (χ0v) is 14.8. The van der Waals surface area contributed by atoms with Gasteiger partial charge in [0.1, 0.15) is 0 Å². The van der Waals surface area contributed by atoms with Gasteiger partial charge in [0.2, 0.25) is 5.91 Å². The molecule has 0 radical (unpaired) electrons. The predicted molar refractivity (Wildman–Crippen MR) is 92.7 cm³/mol. The molecule has 1 amide bonds. The fraction of sp³-hybridized carbons (Fsp3) is 0.500. The van der Waals surface area contributed by atoms with Gasteiger partial charge in [0.15, 0.2) is 5.75 Å². The summed E-state index contributed by atoms with van der Waals surface area (Å²) in [7, 11) is 1.37. The summed E-state index contributed by atoms with van der Waals surface area (Å²) in [5, 5.41) is 20.1. The van der Waals surface area contributed by atoms with Crippen LogP contribution in [-0.2, 0) is 15.3 Å². The lowest BCUT2D eigenvalue weighted by Gasteiger charge is -2.15. The highest BCUT2D eigenvalue weighted by Crippen LogP contribution is 2.29. The molecule has 2 atom stereocenters. The molecule has 1 aliphatic rings. The van der Waals surface area contributed by atoms with Crippen molar-refractivity contribution in [3.05, 3.63) is 33.9 Å². The van der Waals surface area contributed by atoms with E-state index in [1.54, 1.807) is 11.0 Å². The Hall–Kier alpha value is -2.29. The van der Waals surface area contributed by atoms with Crippen molar-refractivity contribution in [2.24, 2.45) is 11.8 Å². The number of nitrogens with zero attached hydrogens (tertiary/aromatic N) is 2. The molecule has 9 heteroatoms. The molecular formula is C16H20N2O6S. The number of carboxylic acid groups (broad SMARTS) is 1. The number of nitro groups is 1. The lowest BCUT2D eigenvalue weighted by Crippen LogP contribution is -2.31. The molecule has 25 heavy (non-hydrogen) atoms. The summed E-state index contributed by atoms with van der Waals surface area (Å²) < 4.78 is 4.95. The van der Waals surface area contributed by atoms with E-state index in [0.717, 1.165) is 5.56 Å². The van der Waals surface area contributed by atoms with E-state index >= 15 is 0 Å². The van der Waals surface area contributed by atoms with Crippen molar-refractivity contribution in [3.63, 3.8) is 0 Å². The van der Waals surface area contributed by atoms with E-state index in [0.29, 0.717) is 12.3 Å². The number of aliphatic carboxylic acids is 1. The first kappa shape index (κ1) is 19.0. The summed E-state index contributed by atoms with van der Waals surface area (Å²) in [6.45, 7) is 2.52. The second-order valence-electron chi connectivity index (χ2n) is 5.98. The SMILES string of the molecule is COc1ccc(CSCC(=O)N2C[C@@H](C)[C@H](C(=O)O)C2)cc1[N+](=O)[O-]. The van der Waals surface area contributed by atoms with E-state index in [-0.39, 0.29) is 35.6 Å². The molecule has 1 aromatic carbocycles. The Morgan fingerprint density at radius 1 is 1.44 bits per heavy atom. The van der Waals surface area contributed by atoms with Crippen molar-refractivity contribution < 1.29 is 24.4 Å². The topological polar surface area (TPSA) is 110 Å². The van der Waals surface area contributed by atoms with E-state index in [2.05, 4.69) is 0 Å². The van der Waals surface area contributed by atoms with Crippen LogP contribution < -0.4 is 4.74 Å². The zero-order chi connectivity index (χ0) is 18.6. The number of hydrogen-bond donors (Lipinski definition) is 1. The summed E-state index contributed by atoms with van der Waals surface area (Å²) in [5.74, 6) is -0.708. The van der Waals surface area contributed by atoms with E-state index in [1.165, 1.54) is 31.0 Å². The predicted octanol–water partition coefficient (Wildman–Crippen LogP) is 2.02. The average Bonchev–Trinajstić information content (AvgIpc) is 2.96. The number of methoxy groups -OCH3 is 1. The molecule has 1 aliphatic heterocycles. The van der Waals surface area contributed by atoms with Crippen LogP contribution in [0.1, 0.15) is 12.5 Å². The Bertz CT molecular complexity index is 681. The maximum atomic E-state index is 12.2. The van der Waals surface area contributed by atoms with Gasteiger partial charge in [0.25, 0.3) is 0 Å². The first-order chi connectivity index (χ1) is 11.8. The number of carbonyl (C=O) groups is 2. The van der Waals surface area contributed by atoms with Gasteiger partial charge in [0, 0.05) is 24.9 Å². The van der Waals surface area contributed by atoms with Crippen molar-refractivity contribution >= 4 is 29.3 Å². The van der Waals surface area contributed by atoms with Crippen LogP contribution in [0.3, 0.4) is 0 Å². The van der Waals surface area contributed by atoms with Crippen LogP contribution in [-0.4, -0.2) is 52.8 Å². The smallest absolute Gasteiger partial charge is 0.311 e. The summed E-state index contributed by atoms with van der Waals surface area (Å²) >= 11 is 1.34. The quantitative estimate of drug-likeness (QED) is 0.579. The number of nitro benzene ring substituents is 1. The van der Waals surface area contributed by atoms with Crippen molar-refractivity contribution in [1.82, 2.24) is 4.90 Å². The molecular weight excluding hydrogens is 348 g/mol. The molecule has 2 rings (SSSR count). The number of rotatable bonds is 7. The minimum absolute atomic E-state index is 0.0595. The van der Waals surface area contributed by atoms with Crippen molar-refractivity contribution in [3.8, 4) is 5.75 Å². The molecule has 0 unspecified atom stereocenters. The van der Waals surface area contributed by atoms with Gasteiger partial charge in [-0.2, -0.15) is 0 Å². The van der Waals surface area contributed by atoms with Crippen LogP contribution in [0.4, 0.5) is 5.69 Å². The molecule has 0 spiro atoms. The number of likely N-dealkylation sites (tertiary alicyclic amines) is 1. The first-order valence-corrected chi connectivity index (χ1v) is 8.88. The van der Waals surface area contributed by atoms with Crippen molar-refractivity contribution in [1.29, 1.82) is 0 Å². The fourth-order valence-corrected chi connectivity index (χ4v) is 3.68. The molecule has 1 fully saturated rings. The first-order valence-electron chi connectivity index (χ1n) is 7.73. The molecule has 0 aromatic heterocycles. The Labute approximate surface area is 149 Å². The number of ether oxygens (including phenoxy) is 1. The van der Waals surface area contributed by atoms with Gasteiger partial charge in [-0.15, -0.1) is 11.8 Å². The highest BCUT2D eigenvalue weighted by molar-refractivity contribution is 7.99. The van der Waals surface area contributed by atoms with Gasteiger partial charge >= 0.3 is 11.7 Å². The lowest BCUT2D eigenvalue weighted by atomic mass is 9.99. The third-order valence-corrected chi connectivity index (χ3v) is 5.21. The molecule has 8 nitrogen and oxygen atoms in total. The molecule has 1 saturated heterocycles. The number of carboxylic acids is 1. The molecule has 1 heterocycles. The molecule has 136 valence electrons. The highest BCUT2D eigenvalue weighted by Gasteiger charge is 2.36. The van der Waals surface area contributed by atoms with Gasteiger partial charge in [-0.25, -0.2) is 0 Å². The second-order valence-corrected chi connectivity index (χ2v) is 6.96. The summed E-state index contributed by atoms with van der Waals surface area (Å²) in [6.07, 6.45) is 0. The Kier molecular flexibility index (Phi) is 6.24. The standard InChI is InChI=1S/C16H20N2O6S/c1-10-6-17(7-12(10)16(20)21)15(19)9-25-8-11-3-4-14(24-2)13(5-11)18(22)23/h3-5,10,12H,6-9H2,1-2H3,(H,20,21)/t10-,12-/m1/s1. The highest BCUT2D eigenvalue weighted by atomic mass is 32.2. The number of thioether (sulfide) groups is 1. The molecule has 0 aliphatic carbocycles. The van der Waals surface area contributed by atoms with Crippen LogP contribution in [0.25, 0.3) is 0 Å². The number of hydrogen-bond acceptors (Lipinski definition) is 6. The molecule has 1 aromatic rings. The number of amides is 1. The van der Waals surface area contributed by atoms with Gasteiger partial charge in [-0.05, 0) is 17.5 Å². The third-order valence-electron chi connectivity index (χ3n) is 4.22. The van der Waals surface area contributed by atoms with Gasteiger partial charge in [-0.3, -0.25) is 19.7 Å². The van der Waals surface area contributed by atoms with E-state index in [4.69, 9.17) is 9.84 Å². The number of carbonyl (C=O) groups excluding carboxylic acids is 1. The maximum Gasteiger partial charge on any atom is 0.311 e. The Balaban J connectivity index is 1.89. The van der Waals surface area contributed by atoms with E-state index < -0.39 is 16.8 Å². The van der Waals surface area contributed by atoms with Crippen LogP contribution >= 0.6 is 11.8 Å². The lowest BCUT2D eigenvalue weighted by molar-refractivity contribution is -0.385. The maximum absolute atomic E-state index is 12.2. The van der Waals surface area contributed by atoms with E-state index in [9.17, 15) is 19.7 Å². The number of benzene rings is 1. The van der Waals surface area contributed by atoms with Crippen LogP contribution in [0.2, 0.25) is 0 Å². The normalized spacial score (nSPS) is 19.7.